The first-order valence-corrected chi connectivity index (χ1v) is 12.1. The van der Waals surface area contributed by atoms with Gasteiger partial charge in [0.2, 0.25) is 5.91 Å². The van der Waals surface area contributed by atoms with E-state index >= 15 is 0 Å². The molecule has 0 saturated carbocycles. The van der Waals surface area contributed by atoms with Gasteiger partial charge in [0, 0.05) is 30.9 Å². The number of nitrogens with one attached hydrogen (secondary N) is 2. The number of benzene rings is 1. The van der Waals surface area contributed by atoms with Gasteiger partial charge in [-0.05, 0) is 48.7 Å². The van der Waals surface area contributed by atoms with Crippen LogP contribution in [0.25, 0.3) is 6.08 Å². The Labute approximate surface area is 213 Å². The highest BCUT2D eigenvalue weighted by Crippen LogP contribution is 2.34. The predicted octanol–water partition coefficient (Wildman–Crippen LogP) is 3.32. The highest BCUT2D eigenvalue weighted by Gasteiger charge is 2.31. The summed E-state index contributed by atoms with van der Waals surface area (Å²) in [6.45, 7) is 0.480. The molecular weight excluding hydrogens is 488 g/mol. The second-order valence-corrected chi connectivity index (χ2v) is 9.17. The lowest BCUT2D eigenvalue weighted by Gasteiger charge is -2.14. The van der Waals surface area contributed by atoms with E-state index in [9.17, 15) is 14.4 Å². The lowest BCUT2D eigenvalue weighted by Crippen LogP contribution is -2.41. The van der Waals surface area contributed by atoms with Crippen molar-refractivity contribution in [3.63, 3.8) is 0 Å². The van der Waals surface area contributed by atoms with Gasteiger partial charge in [0.25, 0.3) is 11.8 Å². The van der Waals surface area contributed by atoms with Crippen LogP contribution in [0.4, 0.5) is 0 Å². The number of unbranched alkanes of at least 4 members (excludes halogenated alkanes) is 2. The minimum Gasteiger partial charge on any atom is -0.493 e. The van der Waals surface area contributed by atoms with Crippen LogP contribution in [0.15, 0.2) is 47.6 Å². The number of carbonyl (C=O) groups is 3. The summed E-state index contributed by atoms with van der Waals surface area (Å²) in [7, 11) is 3.13. The molecule has 35 heavy (non-hydrogen) atoms. The van der Waals surface area contributed by atoms with Gasteiger partial charge in [-0.25, -0.2) is 0 Å². The average molecular weight is 515 g/mol. The summed E-state index contributed by atoms with van der Waals surface area (Å²) >= 11 is 6.66. The first-order valence-electron chi connectivity index (χ1n) is 10.9. The van der Waals surface area contributed by atoms with Gasteiger partial charge < -0.3 is 9.47 Å². The molecule has 1 saturated heterocycles. The van der Waals surface area contributed by atoms with Gasteiger partial charge in [-0.2, -0.15) is 0 Å². The van der Waals surface area contributed by atoms with Crippen LogP contribution in [0, 0.1) is 0 Å². The Balaban J connectivity index is 1.40. The van der Waals surface area contributed by atoms with Gasteiger partial charge in [-0.15, -0.1) is 0 Å². The number of aromatic nitrogens is 1. The van der Waals surface area contributed by atoms with E-state index in [-0.39, 0.29) is 18.2 Å². The van der Waals surface area contributed by atoms with Crippen LogP contribution < -0.4 is 20.3 Å². The number of hydrazine groups is 1. The topological polar surface area (TPSA) is 110 Å². The zero-order valence-corrected chi connectivity index (χ0v) is 21.0. The number of rotatable bonds is 10. The monoisotopic (exact) mass is 514 g/mol. The molecule has 1 aliphatic rings. The van der Waals surface area contributed by atoms with Crippen LogP contribution in [0.5, 0.6) is 11.5 Å². The molecule has 3 rings (SSSR count). The van der Waals surface area contributed by atoms with Crippen molar-refractivity contribution in [2.45, 2.75) is 25.7 Å². The van der Waals surface area contributed by atoms with Crippen molar-refractivity contribution in [2.75, 3.05) is 20.8 Å². The molecule has 2 heterocycles. The number of methoxy groups -OCH3 is 2. The maximum Gasteiger partial charge on any atom is 0.269 e. The van der Waals surface area contributed by atoms with Crippen molar-refractivity contribution >= 4 is 52.1 Å². The molecule has 9 nitrogen and oxygen atoms in total. The Morgan fingerprint density at radius 1 is 1.06 bits per heavy atom. The Hall–Kier alpha value is -3.44. The third-order valence-electron chi connectivity index (χ3n) is 5.12. The van der Waals surface area contributed by atoms with Gasteiger partial charge in [0.15, 0.2) is 11.5 Å². The number of carbonyl (C=O) groups excluding carboxylic acids is 3. The fourth-order valence-electron chi connectivity index (χ4n) is 3.28. The van der Waals surface area contributed by atoms with Crippen LogP contribution in [-0.4, -0.2) is 52.7 Å². The van der Waals surface area contributed by atoms with Crippen LogP contribution in [0.2, 0.25) is 0 Å². The second kappa shape index (κ2) is 12.9. The molecule has 0 atom stereocenters. The van der Waals surface area contributed by atoms with E-state index in [4.69, 9.17) is 21.7 Å². The SMILES string of the molecule is COc1ccc(C=C2SC(=S)N(CCCCCC(=O)NNC(=O)c3ccncc3)C2=O)cc1OC. The first kappa shape index (κ1) is 26.2. The molecule has 1 aromatic carbocycles. The van der Waals surface area contributed by atoms with Crippen LogP contribution in [-0.2, 0) is 9.59 Å². The van der Waals surface area contributed by atoms with Gasteiger partial charge >= 0.3 is 0 Å². The van der Waals surface area contributed by atoms with Crippen molar-refractivity contribution in [3.8, 4) is 11.5 Å². The summed E-state index contributed by atoms with van der Waals surface area (Å²) in [6.07, 6.45) is 7.10. The number of thioether (sulfide) groups is 1. The van der Waals surface area contributed by atoms with Gasteiger partial charge in [-0.1, -0.05) is 36.5 Å². The fourth-order valence-corrected chi connectivity index (χ4v) is 4.59. The lowest BCUT2D eigenvalue weighted by atomic mass is 10.1. The van der Waals surface area contributed by atoms with E-state index in [1.807, 2.05) is 6.07 Å². The van der Waals surface area contributed by atoms with E-state index in [2.05, 4.69) is 15.8 Å². The summed E-state index contributed by atoms with van der Waals surface area (Å²) in [4.78, 5) is 42.7. The summed E-state index contributed by atoms with van der Waals surface area (Å²) in [5.74, 6) is 0.373. The lowest BCUT2D eigenvalue weighted by molar-refractivity contribution is -0.123. The Morgan fingerprint density at radius 3 is 2.51 bits per heavy atom. The molecule has 0 spiro atoms. The number of ether oxygens (including phenoxy) is 2. The quantitative estimate of drug-likeness (QED) is 0.215. The molecule has 0 aliphatic carbocycles. The van der Waals surface area contributed by atoms with Crippen molar-refractivity contribution in [1.82, 2.24) is 20.7 Å². The van der Waals surface area contributed by atoms with E-state index in [1.54, 1.807) is 49.5 Å². The predicted molar refractivity (Wildman–Crippen MR) is 138 cm³/mol. The first-order chi connectivity index (χ1) is 16.9. The molecule has 1 fully saturated rings. The number of hydrogen-bond acceptors (Lipinski definition) is 8. The van der Waals surface area contributed by atoms with Gasteiger partial charge in [0.1, 0.15) is 4.32 Å². The fraction of sp³-hybridized carbons (Fsp3) is 0.292. The third kappa shape index (κ3) is 7.27. The maximum atomic E-state index is 12.8. The minimum atomic E-state index is -0.406. The molecule has 3 amide bonds. The number of thiocarbonyl (C=S) groups is 1. The number of amides is 3. The van der Waals surface area contributed by atoms with Crippen molar-refractivity contribution in [3.05, 3.63) is 58.8 Å². The third-order valence-corrected chi connectivity index (χ3v) is 6.50. The van der Waals surface area contributed by atoms with Crippen molar-refractivity contribution in [1.29, 1.82) is 0 Å². The van der Waals surface area contributed by atoms with Crippen LogP contribution in [0.1, 0.15) is 41.6 Å². The molecule has 2 N–H and O–H groups in total. The Morgan fingerprint density at radius 2 is 1.80 bits per heavy atom. The van der Waals surface area contributed by atoms with E-state index < -0.39 is 5.91 Å². The molecule has 1 aromatic heterocycles. The molecular formula is C24H26N4O5S2. The van der Waals surface area contributed by atoms with E-state index in [0.29, 0.717) is 45.7 Å². The van der Waals surface area contributed by atoms with Gasteiger partial charge in [0.05, 0.1) is 19.1 Å². The summed E-state index contributed by atoms with van der Waals surface area (Å²) < 4.78 is 11.1. The molecule has 2 aromatic rings. The van der Waals surface area contributed by atoms with Crippen LogP contribution >= 0.6 is 24.0 Å². The summed E-state index contributed by atoms with van der Waals surface area (Å²) in [5, 5.41) is 0. The minimum absolute atomic E-state index is 0.133. The number of nitrogens with zero attached hydrogens (tertiary/aromatic N) is 2. The zero-order chi connectivity index (χ0) is 25.2. The smallest absolute Gasteiger partial charge is 0.269 e. The highest BCUT2D eigenvalue weighted by atomic mass is 32.2. The summed E-state index contributed by atoms with van der Waals surface area (Å²) in [5.41, 5.74) is 5.99. The second-order valence-electron chi connectivity index (χ2n) is 7.50. The standard InChI is InChI=1S/C24H26N4O5S2/c1-32-18-8-7-16(14-19(18)33-2)15-20-23(31)28(24(34)35-20)13-5-3-4-6-21(29)26-27-22(30)17-9-11-25-12-10-17/h7-12,14-15H,3-6,13H2,1-2H3,(H,26,29)(H,27,30). The maximum absolute atomic E-state index is 12.8. The number of pyridine rings is 1. The summed E-state index contributed by atoms with van der Waals surface area (Å²) in [6, 6.07) is 8.54. The molecule has 0 radical (unpaired) electrons. The highest BCUT2D eigenvalue weighted by molar-refractivity contribution is 8.26. The molecule has 184 valence electrons. The van der Waals surface area contributed by atoms with E-state index in [0.717, 1.165) is 12.0 Å². The van der Waals surface area contributed by atoms with Crippen LogP contribution in [0.3, 0.4) is 0 Å². The van der Waals surface area contributed by atoms with E-state index in [1.165, 1.54) is 24.2 Å². The zero-order valence-electron chi connectivity index (χ0n) is 19.4. The largest absolute Gasteiger partial charge is 0.493 e. The number of hydrogen-bond donors (Lipinski definition) is 2. The van der Waals surface area contributed by atoms with Gasteiger partial charge in [-0.3, -0.25) is 35.1 Å². The van der Waals surface area contributed by atoms with Crippen molar-refractivity contribution < 1.29 is 23.9 Å². The van der Waals surface area contributed by atoms with Crippen molar-refractivity contribution in [2.24, 2.45) is 0 Å². The Bertz CT molecular complexity index is 1120. The molecule has 1 aliphatic heterocycles. The molecule has 0 unspecified atom stereocenters. The molecule has 0 bridgehead atoms. The molecule has 11 heteroatoms. The normalized spacial score (nSPS) is 14.2. The Kier molecular flexibility index (Phi) is 9.62. The average Bonchev–Trinajstić information content (AvgIpc) is 3.14.